The van der Waals surface area contributed by atoms with Crippen molar-refractivity contribution in [1.29, 1.82) is 0 Å². The van der Waals surface area contributed by atoms with Crippen molar-refractivity contribution in [2.45, 2.75) is 6.61 Å². The Bertz CT molecular complexity index is 1120. The zero-order chi connectivity index (χ0) is 23.8. The number of hydrogen-bond acceptors (Lipinski definition) is 7. The van der Waals surface area contributed by atoms with Gasteiger partial charge in [-0.3, -0.25) is 4.79 Å². The second kappa shape index (κ2) is 10.8. The summed E-state index contributed by atoms with van der Waals surface area (Å²) in [5.74, 6) is -0.494. The molecular weight excluding hydrogens is 426 g/mol. The van der Waals surface area contributed by atoms with Crippen LogP contribution in [0, 0.1) is 0 Å². The molecule has 0 bridgehead atoms. The second-order valence-corrected chi connectivity index (χ2v) is 6.86. The van der Waals surface area contributed by atoms with E-state index in [1.807, 2.05) is 30.3 Å². The van der Waals surface area contributed by atoms with Gasteiger partial charge in [0.25, 0.3) is 5.91 Å². The molecule has 1 N–H and O–H groups in total. The summed E-state index contributed by atoms with van der Waals surface area (Å²) in [5.41, 5.74) is 1.45. The SMILES string of the molecule is COC(=O)c1cc(NC(=O)c2ccc(OC)c(COc3ccccc3)c2)cc(C(=O)OC)c1. The minimum atomic E-state index is -0.652. The Morgan fingerprint density at radius 1 is 0.758 bits per heavy atom. The van der Waals surface area contributed by atoms with E-state index in [-0.39, 0.29) is 23.4 Å². The highest BCUT2D eigenvalue weighted by Crippen LogP contribution is 2.24. The number of carbonyl (C=O) groups excluding carboxylic acids is 3. The fraction of sp³-hybridized carbons (Fsp3) is 0.160. The fourth-order valence-corrected chi connectivity index (χ4v) is 3.08. The van der Waals surface area contributed by atoms with Crippen LogP contribution in [0.4, 0.5) is 5.69 Å². The number of nitrogens with one attached hydrogen (secondary N) is 1. The van der Waals surface area contributed by atoms with Crippen LogP contribution in [0.2, 0.25) is 0 Å². The molecule has 0 aromatic heterocycles. The van der Waals surface area contributed by atoms with Gasteiger partial charge in [0.2, 0.25) is 0 Å². The van der Waals surface area contributed by atoms with Crippen LogP contribution in [0.15, 0.2) is 66.7 Å². The third kappa shape index (κ3) is 5.88. The van der Waals surface area contributed by atoms with Crippen LogP contribution in [-0.4, -0.2) is 39.2 Å². The van der Waals surface area contributed by atoms with E-state index in [0.29, 0.717) is 22.6 Å². The molecule has 3 aromatic carbocycles. The average molecular weight is 449 g/mol. The standard InChI is InChI=1S/C25H23NO7/c1-30-22-10-9-16(11-19(22)15-33-21-7-5-4-6-8-21)23(27)26-20-13-17(24(28)31-2)12-18(14-20)25(29)32-3/h4-14H,15H2,1-3H3,(H,26,27). The Balaban J connectivity index is 1.84. The lowest BCUT2D eigenvalue weighted by Crippen LogP contribution is -2.15. The van der Waals surface area contributed by atoms with Gasteiger partial charge in [-0.2, -0.15) is 0 Å². The van der Waals surface area contributed by atoms with Gasteiger partial charge in [0.1, 0.15) is 18.1 Å². The molecule has 33 heavy (non-hydrogen) atoms. The zero-order valence-electron chi connectivity index (χ0n) is 18.4. The van der Waals surface area contributed by atoms with Crippen LogP contribution < -0.4 is 14.8 Å². The maximum absolute atomic E-state index is 12.9. The number of methoxy groups -OCH3 is 3. The molecular formula is C25H23NO7. The number of rotatable bonds is 8. The van der Waals surface area contributed by atoms with Gasteiger partial charge in [-0.05, 0) is 48.5 Å². The molecule has 0 radical (unpaired) electrons. The summed E-state index contributed by atoms with van der Waals surface area (Å²) in [4.78, 5) is 36.9. The monoisotopic (exact) mass is 449 g/mol. The van der Waals surface area contributed by atoms with Crippen LogP contribution in [0.3, 0.4) is 0 Å². The van der Waals surface area contributed by atoms with Gasteiger partial charge in [0.05, 0.1) is 32.5 Å². The molecule has 170 valence electrons. The summed E-state index contributed by atoms with van der Waals surface area (Å²) in [6, 6.07) is 18.4. The van der Waals surface area contributed by atoms with Gasteiger partial charge in [0, 0.05) is 16.8 Å². The summed E-state index contributed by atoms with van der Waals surface area (Å²) in [5, 5.41) is 2.70. The lowest BCUT2D eigenvalue weighted by atomic mass is 10.1. The van der Waals surface area contributed by atoms with E-state index in [1.54, 1.807) is 18.2 Å². The molecule has 0 aliphatic carbocycles. The van der Waals surface area contributed by atoms with Crippen molar-refractivity contribution >= 4 is 23.5 Å². The summed E-state index contributed by atoms with van der Waals surface area (Å²) in [6.07, 6.45) is 0. The van der Waals surface area contributed by atoms with E-state index in [2.05, 4.69) is 5.32 Å². The van der Waals surface area contributed by atoms with Crippen molar-refractivity contribution in [3.63, 3.8) is 0 Å². The van der Waals surface area contributed by atoms with Gasteiger partial charge < -0.3 is 24.3 Å². The van der Waals surface area contributed by atoms with E-state index < -0.39 is 17.8 Å². The lowest BCUT2D eigenvalue weighted by Gasteiger charge is -2.13. The molecule has 0 atom stereocenters. The van der Waals surface area contributed by atoms with Crippen molar-refractivity contribution in [1.82, 2.24) is 0 Å². The predicted octanol–water partition coefficient (Wildman–Crippen LogP) is 4.10. The van der Waals surface area contributed by atoms with Crippen molar-refractivity contribution in [2.24, 2.45) is 0 Å². The van der Waals surface area contributed by atoms with Crippen LogP contribution >= 0.6 is 0 Å². The van der Waals surface area contributed by atoms with E-state index in [1.165, 1.54) is 39.5 Å². The highest BCUT2D eigenvalue weighted by atomic mass is 16.5. The quantitative estimate of drug-likeness (QED) is 0.517. The number of esters is 2. The van der Waals surface area contributed by atoms with E-state index in [0.717, 1.165) is 0 Å². The van der Waals surface area contributed by atoms with E-state index >= 15 is 0 Å². The van der Waals surface area contributed by atoms with Crippen LogP contribution in [0.1, 0.15) is 36.6 Å². The average Bonchev–Trinajstić information content (AvgIpc) is 2.86. The minimum Gasteiger partial charge on any atom is -0.496 e. The molecule has 0 unspecified atom stereocenters. The number of para-hydroxylation sites is 1. The number of amides is 1. The first-order chi connectivity index (χ1) is 15.9. The molecule has 3 aromatic rings. The largest absolute Gasteiger partial charge is 0.496 e. The minimum absolute atomic E-state index is 0.0994. The Morgan fingerprint density at radius 3 is 1.97 bits per heavy atom. The van der Waals surface area contributed by atoms with Crippen LogP contribution in [-0.2, 0) is 16.1 Å². The fourth-order valence-electron chi connectivity index (χ4n) is 3.08. The predicted molar refractivity (Wildman–Crippen MR) is 121 cm³/mol. The Kier molecular flexibility index (Phi) is 7.64. The van der Waals surface area contributed by atoms with Gasteiger partial charge in [-0.15, -0.1) is 0 Å². The molecule has 0 saturated carbocycles. The summed E-state index contributed by atoms with van der Waals surface area (Å²) >= 11 is 0. The van der Waals surface area contributed by atoms with Crippen molar-refractivity contribution in [2.75, 3.05) is 26.6 Å². The molecule has 0 aliphatic heterocycles. The summed E-state index contributed by atoms with van der Waals surface area (Å²) in [6.45, 7) is 0.193. The van der Waals surface area contributed by atoms with Gasteiger partial charge in [0.15, 0.2) is 0 Å². The topological polar surface area (TPSA) is 100 Å². The van der Waals surface area contributed by atoms with Crippen molar-refractivity contribution in [3.8, 4) is 11.5 Å². The van der Waals surface area contributed by atoms with Crippen molar-refractivity contribution in [3.05, 3.63) is 89.0 Å². The molecule has 1 amide bonds. The number of benzene rings is 3. The number of ether oxygens (including phenoxy) is 4. The molecule has 0 heterocycles. The molecule has 0 saturated heterocycles. The molecule has 8 nitrogen and oxygen atoms in total. The second-order valence-electron chi connectivity index (χ2n) is 6.86. The van der Waals surface area contributed by atoms with Gasteiger partial charge >= 0.3 is 11.9 Å². The molecule has 8 heteroatoms. The summed E-state index contributed by atoms with van der Waals surface area (Å²) < 4.78 is 20.6. The maximum atomic E-state index is 12.9. The molecule has 0 spiro atoms. The molecule has 0 aliphatic rings. The van der Waals surface area contributed by atoms with Crippen molar-refractivity contribution < 1.29 is 33.3 Å². The molecule has 0 fully saturated rings. The molecule has 3 rings (SSSR count). The highest BCUT2D eigenvalue weighted by molar-refractivity contribution is 6.06. The lowest BCUT2D eigenvalue weighted by molar-refractivity contribution is 0.0599. The third-order valence-corrected chi connectivity index (χ3v) is 4.71. The first-order valence-corrected chi connectivity index (χ1v) is 9.93. The number of carbonyl (C=O) groups is 3. The Morgan fingerprint density at radius 2 is 1.39 bits per heavy atom. The normalized spacial score (nSPS) is 10.2. The first-order valence-electron chi connectivity index (χ1n) is 9.93. The third-order valence-electron chi connectivity index (χ3n) is 4.71. The zero-order valence-corrected chi connectivity index (χ0v) is 18.4. The highest BCUT2D eigenvalue weighted by Gasteiger charge is 2.16. The maximum Gasteiger partial charge on any atom is 0.337 e. The first kappa shape index (κ1) is 23.3. The smallest absolute Gasteiger partial charge is 0.337 e. The van der Waals surface area contributed by atoms with E-state index in [4.69, 9.17) is 18.9 Å². The number of hydrogen-bond donors (Lipinski definition) is 1. The van der Waals surface area contributed by atoms with Crippen LogP contribution in [0.5, 0.6) is 11.5 Å². The Labute approximate surface area is 191 Å². The van der Waals surface area contributed by atoms with Gasteiger partial charge in [-0.25, -0.2) is 9.59 Å². The van der Waals surface area contributed by atoms with Crippen LogP contribution in [0.25, 0.3) is 0 Å². The van der Waals surface area contributed by atoms with Gasteiger partial charge in [-0.1, -0.05) is 18.2 Å². The number of anilines is 1. The van der Waals surface area contributed by atoms with E-state index in [9.17, 15) is 14.4 Å². The summed E-state index contributed by atoms with van der Waals surface area (Å²) in [7, 11) is 3.98. The Hall–Kier alpha value is -4.33.